The molecule has 0 saturated heterocycles. The number of phosphoric ester groups is 2. The number of esters is 4. The smallest absolute Gasteiger partial charge is 0.462 e. The first-order valence-electron chi connectivity index (χ1n) is 37.8. The van der Waals surface area contributed by atoms with Gasteiger partial charge in [-0.25, -0.2) is 9.13 Å². The highest BCUT2D eigenvalue weighted by Crippen LogP contribution is 2.45. The Balaban J connectivity index is 5.41. The molecule has 98 heavy (non-hydrogen) atoms. The lowest BCUT2D eigenvalue weighted by Crippen LogP contribution is -2.30. The van der Waals surface area contributed by atoms with Crippen molar-refractivity contribution < 1.29 is 80.2 Å². The molecule has 0 heterocycles. The minimum absolute atomic E-state index is 0.0341. The van der Waals surface area contributed by atoms with Crippen LogP contribution >= 0.6 is 15.6 Å². The Hall–Kier alpha value is -4.54. The molecule has 0 aliphatic rings. The van der Waals surface area contributed by atoms with E-state index in [0.717, 1.165) is 161 Å². The summed E-state index contributed by atoms with van der Waals surface area (Å²) in [7, 11) is -9.97. The molecule has 0 aromatic carbocycles. The van der Waals surface area contributed by atoms with E-state index in [9.17, 15) is 43.2 Å². The first kappa shape index (κ1) is 93.5. The van der Waals surface area contributed by atoms with Crippen molar-refractivity contribution in [2.24, 2.45) is 0 Å². The van der Waals surface area contributed by atoms with Crippen LogP contribution in [0.5, 0.6) is 0 Å². The van der Waals surface area contributed by atoms with Crippen LogP contribution in [0.15, 0.2) is 122 Å². The second kappa shape index (κ2) is 70.9. The van der Waals surface area contributed by atoms with Gasteiger partial charge in [0, 0.05) is 25.7 Å². The summed E-state index contributed by atoms with van der Waals surface area (Å²) < 4.78 is 68.4. The molecule has 0 rings (SSSR count). The maximum Gasteiger partial charge on any atom is 0.472 e. The predicted molar refractivity (Wildman–Crippen MR) is 399 cm³/mol. The van der Waals surface area contributed by atoms with Gasteiger partial charge in [0.2, 0.25) is 0 Å². The molecule has 0 radical (unpaired) electrons. The van der Waals surface area contributed by atoms with Crippen LogP contribution in [-0.4, -0.2) is 96.7 Å². The molecule has 562 valence electrons. The number of aliphatic hydroxyl groups excluding tert-OH is 1. The molecule has 5 atom stereocenters. The fraction of sp³-hybridized carbons (Fsp3) is 0.696. The minimum Gasteiger partial charge on any atom is -0.462 e. The topological polar surface area (TPSA) is 237 Å². The SMILES string of the molecule is CC/C=C\C/C=C\C/C=C\C/C=C\CCCCCCC(=O)OCC(COP(=O)(O)OCC(O)COP(=O)(O)OCC(COC(=O)CCCCCCC/C=C\CCCCCC)OC(=O)CCCCCCC/C=C\CCCCCC)OC(=O)CCCC/C=C\C/C=C\C/C=C\C/C=C\CC. The van der Waals surface area contributed by atoms with Gasteiger partial charge in [-0.2, -0.15) is 0 Å². The number of carbonyl (C=O) groups excluding carboxylic acids is 4. The molecule has 3 N–H and O–H groups in total. The first-order valence-corrected chi connectivity index (χ1v) is 40.8. The molecule has 0 bridgehead atoms. The number of ether oxygens (including phenoxy) is 4. The number of phosphoric acid groups is 2. The van der Waals surface area contributed by atoms with Gasteiger partial charge in [0.15, 0.2) is 12.2 Å². The van der Waals surface area contributed by atoms with Crippen molar-refractivity contribution >= 4 is 39.5 Å². The fourth-order valence-electron chi connectivity index (χ4n) is 9.66. The lowest BCUT2D eigenvalue weighted by Gasteiger charge is -2.21. The zero-order valence-electron chi connectivity index (χ0n) is 61.2. The molecule has 0 amide bonds. The van der Waals surface area contributed by atoms with E-state index < -0.39 is 97.5 Å². The van der Waals surface area contributed by atoms with Crippen molar-refractivity contribution in [1.29, 1.82) is 0 Å². The highest BCUT2D eigenvalue weighted by atomic mass is 31.2. The average Bonchev–Trinajstić information content (AvgIpc) is 1.05. The lowest BCUT2D eigenvalue weighted by molar-refractivity contribution is -0.161. The number of unbranched alkanes of at least 4 members (excludes halogenated alkanes) is 24. The Morgan fingerprint density at radius 2 is 0.531 bits per heavy atom. The maximum absolute atomic E-state index is 13.1. The third kappa shape index (κ3) is 69.9. The van der Waals surface area contributed by atoms with Crippen LogP contribution in [0, 0.1) is 0 Å². The zero-order chi connectivity index (χ0) is 71.8. The third-order valence-corrected chi connectivity index (χ3v) is 17.3. The number of hydrogen-bond acceptors (Lipinski definition) is 15. The van der Waals surface area contributed by atoms with Gasteiger partial charge in [-0.3, -0.25) is 37.3 Å². The highest BCUT2D eigenvalue weighted by Gasteiger charge is 2.30. The molecular formula is C79H134O17P2. The number of rotatable bonds is 70. The Kier molecular flexibility index (Phi) is 67.6. The zero-order valence-corrected chi connectivity index (χ0v) is 63.0. The third-order valence-electron chi connectivity index (χ3n) is 15.4. The molecule has 0 saturated carbocycles. The summed E-state index contributed by atoms with van der Waals surface area (Å²) in [6.07, 6.45) is 76.2. The van der Waals surface area contributed by atoms with Crippen molar-refractivity contribution in [3.05, 3.63) is 122 Å². The van der Waals surface area contributed by atoms with Gasteiger partial charge in [-0.1, -0.05) is 239 Å². The fourth-order valence-corrected chi connectivity index (χ4v) is 11.2. The summed E-state index contributed by atoms with van der Waals surface area (Å²) in [6, 6.07) is 0. The lowest BCUT2D eigenvalue weighted by atomic mass is 10.1. The number of carbonyl (C=O) groups is 4. The minimum atomic E-state index is -4.99. The quantitative estimate of drug-likeness (QED) is 0.0169. The van der Waals surface area contributed by atoms with Gasteiger partial charge in [0.05, 0.1) is 26.4 Å². The molecule has 0 aliphatic heterocycles. The largest absolute Gasteiger partial charge is 0.472 e. The van der Waals surface area contributed by atoms with Crippen LogP contribution in [0.4, 0.5) is 0 Å². The van der Waals surface area contributed by atoms with Crippen LogP contribution in [-0.2, 0) is 65.4 Å². The molecule has 0 fully saturated rings. The van der Waals surface area contributed by atoms with E-state index in [-0.39, 0.29) is 25.7 Å². The van der Waals surface area contributed by atoms with Gasteiger partial charge >= 0.3 is 39.5 Å². The van der Waals surface area contributed by atoms with Gasteiger partial charge in [0.1, 0.15) is 19.3 Å². The molecule has 0 spiro atoms. The Morgan fingerprint density at radius 1 is 0.296 bits per heavy atom. The maximum atomic E-state index is 13.1. The van der Waals surface area contributed by atoms with Gasteiger partial charge in [-0.05, 0) is 154 Å². The van der Waals surface area contributed by atoms with E-state index in [2.05, 4.69) is 149 Å². The van der Waals surface area contributed by atoms with E-state index in [1.54, 1.807) is 0 Å². The molecule has 17 nitrogen and oxygen atoms in total. The van der Waals surface area contributed by atoms with Crippen molar-refractivity contribution in [2.45, 2.75) is 316 Å². The molecular weight excluding hydrogens is 1280 g/mol. The van der Waals surface area contributed by atoms with E-state index in [0.29, 0.717) is 32.1 Å². The summed E-state index contributed by atoms with van der Waals surface area (Å²) >= 11 is 0. The van der Waals surface area contributed by atoms with Crippen LogP contribution in [0.1, 0.15) is 297 Å². The summed E-state index contributed by atoms with van der Waals surface area (Å²) in [4.78, 5) is 72.8. The Labute approximate surface area is 593 Å². The van der Waals surface area contributed by atoms with E-state index in [4.69, 9.17) is 37.0 Å². The predicted octanol–water partition coefficient (Wildman–Crippen LogP) is 21.6. The first-order chi connectivity index (χ1) is 47.7. The van der Waals surface area contributed by atoms with E-state index in [1.165, 1.54) is 51.4 Å². The second-order valence-corrected chi connectivity index (χ2v) is 27.7. The summed E-state index contributed by atoms with van der Waals surface area (Å²) in [6.45, 7) is 4.51. The summed E-state index contributed by atoms with van der Waals surface area (Å²) in [5.74, 6) is -2.27. The molecule has 19 heteroatoms. The van der Waals surface area contributed by atoms with Crippen LogP contribution in [0.2, 0.25) is 0 Å². The van der Waals surface area contributed by atoms with Crippen LogP contribution in [0.3, 0.4) is 0 Å². The monoisotopic (exact) mass is 1420 g/mol. The summed E-state index contributed by atoms with van der Waals surface area (Å²) in [5, 5.41) is 10.6. The van der Waals surface area contributed by atoms with Crippen molar-refractivity contribution in [1.82, 2.24) is 0 Å². The van der Waals surface area contributed by atoms with Gasteiger partial charge < -0.3 is 33.8 Å². The molecule has 0 aliphatic carbocycles. The van der Waals surface area contributed by atoms with Gasteiger partial charge in [-0.15, -0.1) is 0 Å². The molecule has 0 aromatic heterocycles. The van der Waals surface area contributed by atoms with Crippen molar-refractivity contribution in [3.63, 3.8) is 0 Å². The van der Waals surface area contributed by atoms with Crippen molar-refractivity contribution in [2.75, 3.05) is 39.6 Å². The number of aliphatic hydroxyl groups is 1. The average molecular weight is 1420 g/mol. The molecule has 0 aromatic rings. The van der Waals surface area contributed by atoms with Gasteiger partial charge in [0.25, 0.3) is 0 Å². The Bertz CT molecular complexity index is 2340. The summed E-state index contributed by atoms with van der Waals surface area (Å²) in [5.41, 5.74) is 0. The van der Waals surface area contributed by atoms with Crippen LogP contribution in [0.25, 0.3) is 0 Å². The molecule has 5 unspecified atom stereocenters. The highest BCUT2D eigenvalue weighted by molar-refractivity contribution is 7.47. The van der Waals surface area contributed by atoms with E-state index in [1.807, 2.05) is 0 Å². The number of allylic oxidation sites excluding steroid dienone is 20. The van der Waals surface area contributed by atoms with Crippen molar-refractivity contribution in [3.8, 4) is 0 Å². The standard InChI is InChI=1S/C79H134O17P2/c1-5-9-13-17-21-25-29-33-35-36-38-41-44-48-52-56-60-64-77(82)90-70-75(96-79(84)66-62-58-54-50-46-42-37-34-30-26-22-18-14-10-6-2)72-94-98(87,88)92-68-73(80)67-91-97(85,86)93-71-74(95-78(83)65-61-57-53-49-45-40-32-28-24-20-16-12-8-4)69-89-76(81)63-59-55-51-47-43-39-31-27-23-19-15-11-7-3/h9-10,13-14,21-22,25-28,31-35,37-38,41,46,50,73-75,80H,5-8,11-12,15-20,23-24,29-30,36,39-40,42-45,47-49,51-72H2,1-4H3,(H,85,86)(H,87,88)/b13-9-,14-10-,25-21-,26-22-,31-27-,32-28-,35-33-,37-34-,41-38-,50-46-. The number of hydrogen-bond donors (Lipinski definition) is 3. The Morgan fingerprint density at radius 3 is 0.847 bits per heavy atom. The van der Waals surface area contributed by atoms with Crippen LogP contribution < -0.4 is 0 Å². The van der Waals surface area contributed by atoms with E-state index >= 15 is 0 Å². The normalized spacial score (nSPS) is 14.6. The second-order valence-electron chi connectivity index (χ2n) is 24.8.